The quantitative estimate of drug-likeness (QED) is 0.824. The van der Waals surface area contributed by atoms with E-state index in [0.717, 1.165) is 15.7 Å². The van der Waals surface area contributed by atoms with Crippen LogP contribution in [0.3, 0.4) is 0 Å². The molecule has 0 saturated carbocycles. The van der Waals surface area contributed by atoms with Gasteiger partial charge in [-0.05, 0) is 50.6 Å². The standard InChI is InChI=1S/C18H21BrN2O/c1-4-21(16-11-6-5-7-12-16)17(22)20-18(2,3)14-9-8-10-15(19)13-14/h5-13H,4H2,1-3H3,(H,20,22). The fraction of sp³-hybridized carbons (Fsp3) is 0.278. The van der Waals surface area contributed by atoms with Crippen LogP contribution in [0.1, 0.15) is 26.3 Å². The second-order valence-corrected chi connectivity index (χ2v) is 6.56. The molecule has 0 saturated heterocycles. The summed E-state index contributed by atoms with van der Waals surface area (Å²) < 4.78 is 1.00. The summed E-state index contributed by atoms with van der Waals surface area (Å²) in [6.07, 6.45) is 0. The van der Waals surface area contributed by atoms with E-state index < -0.39 is 5.54 Å². The Morgan fingerprint density at radius 1 is 1.14 bits per heavy atom. The highest BCUT2D eigenvalue weighted by Crippen LogP contribution is 2.24. The van der Waals surface area contributed by atoms with Crippen LogP contribution in [0.2, 0.25) is 0 Å². The van der Waals surface area contributed by atoms with Gasteiger partial charge in [0, 0.05) is 16.7 Å². The highest BCUT2D eigenvalue weighted by molar-refractivity contribution is 9.10. The van der Waals surface area contributed by atoms with Crippen molar-refractivity contribution in [2.24, 2.45) is 0 Å². The van der Waals surface area contributed by atoms with Crippen molar-refractivity contribution in [2.45, 2.75) is 26.3 Å². The Hall–Kier alpha value is -1.81. The van der Waals surface area contributed by atoms with Crippen LogP contribution < -0.4 is 10.2 Å². The second-order valence-electron chi connectivity index (χ2n) is 5.65. The van der Waals surface area contributed by atoms with Crippen molar-refractivity contribution in [1.82, 2.24) is 5.32 Å². The Morgan fingerprint density at radius 2 is 1.82 bits per heavy atom. The number of hydrogen-bond acceptors (Lipinski definition) is 1. The van der Waals surface area contributed by atoms with Crippen LogP contribution in [0.15, 0.2) is 59.1 Å². The van der Waals surface area contributed by atoms with Gasteiger partial charge >= 0.3 is 6.03 Å². The third kappa shape index (κ3) is 3.89. The summed E-state index contributed by atoms with van der Waals surface area (Å²) in [5.41, 5.74) is 1.50. The van der Waals surface area contributed by atoms with E-state index in [4.69, 9.17) is 0 Å². The van der Waals surface area contributed by atoms with Crippen molar-refractivity contribution in [3.05, 3.63) is 64.6 Å². The molecule has 3 nitrogen and oxygen atoms in total. The molecule has 0 bridgehead atoms. The molecule has 22 heavy (non-hydrogen) atoms. The Morgan fingerprint density at radius 3 is 2.41 bits per heavy atom. The molecule has 0 unspecified atom stereocenters. The second kappa shape index (κ2) is 6.97. The summed E-state index contributed by atoms with van der Waals surface area (Å²) in [5, 5.41) is 3.12. The summed E-state index contributed by atoms with van der Waals surface area (Å²) in [4.78, 5) is 14.4. The van der Waals surface area contributed by atoms with Crippen LogP contribution in [0.5, 0.6) is 0 Å². The van der Waals surface area contributed by atoms with Crippen molar-refractivity contribution in [1.29, 1.82) is 0 Å². The number of halogens is 1. The molecule has 0 radical (unpaired) electrons. The van der Waals surface area contributed by atoms with E-state index >= 15 is 0 Å². The lowest BCUT2D eigenvalue weighted by molar-refractivity contribution is 0.236. The lowest BCUT2D eigenvalue weighted by Gasteiger charge is -2.31. The van der Waals surface area contributed by atoms with Crippen molar-refractivity contribution in [3.63, 3.8) is 0 Å². The molecule has 0 aromatic heterocycles. The van der Waals surface area contributed by atoms with Crippen LogP contribution in [0, 0.1) is 0 Å². The van der Waals surface area contributed by atoms with Gasteiger partial charge in [-0.1, -0.05) is 46.3 Å². The molecule has 0 fully saturated rings. The Labute approximate surface area is 140 Å². The topological polar surface area (TPSA) is 32.3 Å². The van der Waals surface area contributed by atoms with Gasteiger partial charge in [0.25, 0.3) is 0 Å². The molecule has 2 aromatic carbocycles. The van der Waals surface area contributed by atoms with Crippen LogP contribution in [-0.4, -0.2) is 12.6 Å². The van der Waals surface area contributed by atoms with Crippen LogP contribution in [0.25, 0.3) is 0 Å². The molecule has 0 aliphatic carbocycles. The third-order valence-corrected chi connectivity index (χ3v) is 4.09. The molecule has 0 aliphatic rings. The molecule has 0 spiro atoms. The van der Waals surface area contributed by atoms with E-state index in [2.05, 4.69) is 21.2 Å². The molecule has 1 N–H and O–H groups in total. The lowest BCUT2D eigenvalue weighted by atomic mass is 9.94. The number of nitrogens with zero attached hydrogens (tertiary/aromatic N) is 1. The zero-order valence-electron chi connectivity index (χ0n) is 13.1. The van der Waals surface area contributed by atoms with Crippen LogP contribution in [-0.2, 0) is 5.54 Å². The summed E-state index contributed by atoms with van der Waals surface area (Å²) in [7, 11) is 0. The van der Waals surface area contributed by atoms with E-state index in [1.54, 1.807) is 4.90 Å². The smallest absolute Gasteiger partial charge is 0.322 e. The minimum absolute atomic E-state index is 0.0984. The van der Waals surface area contributed by atoms with Crippen LogP contribution in [0.4, 0.5) is 10.5 Å². The van der Waals surface area contributed by atoms with Crippen molar-refractivity contribution in [3.8, 4) is 0 Å². The zero-order chi connectivity index (χ0) is 16.2. The van der Waals surface area contributed by atoms with Gasteiger partial charge < -0.3 is 5.32 Å². The van der Waals surface area contributed by atoms with E-state index in [0.29, 0.717) is 6.54 Å². The monoisotopic (exact) mass is 360 g/mol. The van der Waals surface area contributed by atoms with E-state index in [-0.39, 0.29) is 6.03 Å². The average Bonchev–Trinajstić information content (AvgIpc) is 2.48. The number of rotatable bonds is 4. The predicted octanol–water partition coefficient (Wildman–Crippen LogP) is 4.92. The Kier molecular flexibility index (Phi) is 5.24. The van der Waals surface area contributed by atoms with E-state index in [1.165, 1.54) is 0 Å². The van der Waals surface area contributed by atoms with Gasteiger partial charge in [0.05, 0.1) is 5.54 Å². The number of anilines is 1. The van der Waals surface area contributed by atoms with Gasteiger partial charge in [0.1, 0.15) is 0 Å². The highest BCUT2D eigenvalue weighted by Gasteiger charge is 2.25. The molecule has 2 aromatic rings. The maximum Gasteiger partial charge on any atom is 0.322 e. The van der Waals surface area contributed by atoms with E-state index in [9.17, 15) is 4.79 Å². The largest absolute Gasteiger partial charge is 0.329 e. The van der Waals surface area contributed by atoms with E-state index in [1.807, 2.05) is 75.4 Å². The maximum atomic E-state index is 12.7. The Balaban J connectivity index is 2.19. The molecule has 116 valence electrons. The maximum absolute atomic E-state index is 12.7. The SMILES string of the molecule is CCN(C(=O)NC(C)(C)c1cccc(Br)c1)c1ccccc1. The molecular formula is C18H21BrN2O. The minimum atomic E-state index is -0.455. The number of hydrogen-bond donors (Lipinski definition) is 1. The number of nitrogens with one attached hydrogen (secondary N) is 1. The molecular weight excluding hydrogens is 340 g/mol. The normalized spacial score (nSPS) is 11.1. The number of carbonyl (C=O) groups is 1. The fourth-order valence-corrected chi connectivity index (χ4v) is 2.73. The van der Waals surface area contributed by atoms with Crippen molar-refractivity contribution >= 4 is 27.6 Å². The van der Waals surface area contributed by atoms with Gasteiger partial charge in [-0.3, -0.25) is 4.90 Å². The average molecular weight is 361 g/mol. The molecule has 0 heterocycles. The minimum Gasteiger partial charge on any atom is -0.329 e. The molecule has 2 amide bonds. The van der Waals surface area contributed by atoms with Gasteiger partial charge in [0.15, 0.2) is 0 Å². The van der Waals surface area contributed by atoms with Crippen molar-refractivity contribution < 1.29 is 4.79 Å². The predicted molar refractivity (Wildman–Crippen MR) is 95.2 cm³/mol. The summed E-state index contributed by atoms with van der Waals surface area (Å²) in [6.45, 7) is 6.60. The zero-order valence-corrected chi connectivity index (χ0v) is 14.7. The Bertz CT molecular complexity index is 641. The lowest BCUT2D eigenvalue weighted by Crippen LogP contribution is -2.48. The van der Waals surface area contributed by atoms with Gasteiger partial charge in [0.2, 0.25) is 0 Å². The van der Waals surface area contributed by atoms with Crippen LogP contribution >= 0.6 is 15.9 Å². The molecule has 2 rings (SSSR count). The highest BCUT2D eigenvalue weighted by atomic mass is 79.9. The number of carbonyl (C=O) groups excluding carboxylic acids is 1. The van der Waals surface area contributed by atoms with Gasteiger partial charge in [-0.15, -0.1) is 0 Å². The van der Waals surface area contributed by atoms with Gasteiger partial charge in [-0.2, -0.15) is 0 Å². The number of para-hydroxylation sites is 1. The number of amides is 2. The number of urea groups is 1. The first kappa shape index (κ1) is 16.6. The summed E-state index contributed by atoms with van der Waals surface area (Å²) in [6, 6.07) is 17.6. The summed E-state index contributed by atoms with van der Waals surface area (Å²) in [5.74, 6) is 0. The third-order valence-electron chi connectivity index (χ3n) is 3.59. The first-order valence-corrected chi connectivity index (χ1v) is 8.14. The molecule has 0 atom stereocenters. The summed E-state index contributed by atoms with van der Waals surface area (Å²) >= 11 is 3.48. The van der Waals surface area contributed by atoms with Gasteiger partial charge in [-0.25, -0.2) is 4.79 Å². The number of benzene rings is 2. The fourth-order valence-electron chi connectivity index (χ4n) is 2.34. The molecule has 0 aliphatic heterocycles. The van der Waals surface area contributed by atoms with Crippen molar-refractivity contribution in [2.75, 3.05) is 11.4 Å². The molecule has 4 heteroatoms. The first-order chi connectivity index (χ1) is 10.4. The first-order valence-electron chi connectivity index (χ1n) is 7.35.